The monoisotopic (exact) mass is 487 g/mol. The Morgan fingerprint density at radius 2 is 1.79 bits per heavy atom. The van der Waals surface area contributed by atoms with Crippen LogP contribution in [0.15, 0.2) is 54.1 Å². The second-order valence-corrected chi connectivity index (χ2v) is 11.7. The number of carbonyl (C=O) groups excluding carboxylic acids is 1. The van der Waals surface area contributed by atoms with E-state index < -0.39 is 26.9 Å². The molecular weight excluding hydrogens is 456 g/mol. The number of ketones is 1. The van der Waals surface area contributed by atoms with E-state index in [4.69, 9.17) is 0 Å². The van der Waals surface area contributed by atoms with Crippen LogP contribution >= 0.6 is 0 Å². The molecule has 0 N–H and O–H groups in total. The summed E-state index contributed by atoms with van der Waals surface area (Å²) in [5, 5.41) is -0.691. The van der Waals surface area contributed by atoms with Crippen LogP contribution in [-0.2, 0) is 21.4 Å². The summed E-state index contributed by atoms with van der Waals surface area (Å²) in [4.78, 5) is 11.7. The standard InChI is InChI=1S/C27H31F2NO3S/c1-18(13-20-7-6-10-23(31)14-20)24-16-25(28)22(15-26(24)29)17-30-19(2)11-12-27(34(30,32)33)21-8-4-3-5-9-21/h3-5,8-9,14-16,18-19,27H,6-7,10-13,17H2,1-2H3/t18-,19-,27+/m0/s1. The van der Waals surface area contributed by atoms with Crippen molar-refractivity contribution >= 4 is 15.8 Å². The molecule has 2 aromatic carbocycles. The summed E-state index contributed by atoms with van der Waals surface area (Å²) in [5.74, 6) is -1.36. The molecule has 34 heavy (non-hydrogen) atoms. The molecule has 2 aliphatic rings. The van der Waals surface area contributed by atoms with Crippen molar-refractivity contribution in [1.29, 1.82) is 0 Å². The molecule has 1 saturated heterocycles. The smallest absolute Gasteiger partial charge is 0.221 e. The van der Waals surface area contributed by atoms with Crippen molar-refractivity contribution in [2.75, 3.05) is 0 Å². The highest BCUT2D eigenvalue weighted by Crippen LogP contribution is 2.39. The van der Waals surface area contributed by atoms with Crippen molar-refractivity contribution in [3.8, 4) is 0 Å². The van der Waals surface area contributed by atoms with Gasteiger partial charge in [0.2, 0.25) is 10.0 Å². The number of hydrogen-bond acceptors (Lipinski definition) is 3. The molecule has 1 heterocycles. The van der Waals surface area contributed by atoms with E-state index in [0.29, 0.717) is 31.2 Å². The van der Waals surface area contributed by atoms with Crippen molar-refractivity contribution in [1.82, 2.24) is 4.31 Å². The minimum atomic E-state index is -3.74. The van der Waals surface area contributed by atoms with E-state index in [9.17, 15) is 13.2 Å². The van der Waals surface area contributed by atoms with Crippen molar-refractivity contribution < 1.29 is 22.0 Å². The van der Waals surface area contributed by atoms with Gasteiger partial charge in [0.15, 0.2) is 5.78 Å². The minimum Gasteiger partial charge on any atom is -0.295 e. The molecule has 0 spiro atoms. The molecule has 0 radical (unpaired) electrons. The number of allylic oxidation sites excluding steroid dienone is 2. The summed E-state index contributed by atoms with van der Waals surface area (Å²) in [6.45, 7) is 3.42. The molecule has 1 aliphatic carbocycles. The zero-order valence-electron chi connectivity index (χ0n) is 19.6. The van der Waals surface area contributed by atoms with Crippen LogP contribution in [-0.4, -0.2) is 24.5 Å². The number of sulfonamides is 1. The Balaban J connectivity index is 1.56. The molecule has 0 bridgehead atoms. The molecule has 0 amide bonds. The molecule has 7 heteroatoms. The van der Waals surface area contributed by atoms with Gasteiger partial charge in [0, 0.05) is 24.6 Å². The average Bonchev–Trinajstić information content (AvgIpc) is 2.79. The number of benzene rings is 2. The Morgan fingerprint density at radius 3 is 2.50 bits per heavy atom. The predicted octanol–water partition coefficient (Wildman–Crippen LogP) is 6.19. The van der Waals surface area contributed by atoms with Gasteiger partial charge in [-0.25, -0.2) is 17.2 Å². The third kappa shape index (κ3) is 5.15. The van der Waals surface area contributed by atoms with Gasteiger partial charge in [-0.05, 0) is 74.3 Å². The maximum atomic E-state index is 15.1. The molecule has 0 aromatic heterocycles. The van der Waals surface area contributed by atoms with E-state index in [1.807, 2.05) is 19.9 Å². The van der Waals surface area contributed by atoms with Crippen molar-refractivity contribution in [3.05, 3.63) is 82.4 Å². The lowest BCUT2D eigenvalue weighted by molar-refractivity contribution is -0.115. The lowest BCUT2D eigenvalue weighted by atomic mass is 9.87. The fourth-order valence-corrected chi connectivity index (χ4v) is 7.34. The van der Waals surface area contributed by atoms with Gasteiger partial charge in [-0.1, -0.05) is 42.8 Å². The Kier molecular flexibility index (Phi) is 7.33. The van der Waals surface area contributed by atoms with Gasteiger partial charge >= 0.3 is 0 Å². The van der Waals surface area contributed by atoms with E-state index in [1.54, 1.807) is 30.3 Å². The number of hydrogen-bond donors (Lipinski definition) is 0. The van der Waals surface area contributed by atoms with Crippen LogP contribution in [0.3, 0.4) is 0 Å². The highest BCUT2D eigenvalue weighted by molar-refractivity contribution is 7.89. The van der Waals surface area contributed by atoms with Gasteiger partial charge < -0.3 is 0 Å². The first kappa shape index (κ1) is 24.7. The van der Waals surface area contributed by atoms with Gasteiger partial charge in [0.1, 0.15) is 16.9 Å². The van der Waals surface area contributed by atoms with Crippen molar-refractivity contribution in [3.63, 3.8) is 0 Å². The number of rotatable bonds is 6. The van der Waals surface area contributed by atoms with E-state index in [0.717, 1.165) is 24.5 Å². The quantitative estimate of drug-likeness (QED) is 0.488. The maximum absolute atomic E-state index is 15.1. The van der Waals surface area contributed by atoms with Gasteiger partial charge in [-0.3, -0.25) is 4.79 Å². The van der Waals surface area contributed by atoms with Crippen molar-refractivity contribution in [2.24, 2.45) is 0 Å². The van der Waals surface area contributed by atoms with Gasteiger partial charge in [0.25, 0.3) is 0 Å². The number of nitrogens with zero attached hydrogens (tertiary/aromatic N) is 1. The molecule has 2 aromatic rings. The SMILES string of the molecule is C[C@@H](CC1=CC(=O)CCC1)c1cc(F)c(CN2[C@@H](C)CC[C@H](c3ccccc3)S2(=O)=O)cc1F. The molecule has 4 nitrogen and oxygen atoms in total. The second-order valence-electron chi connectivity index (χ2n) is 9.61. The zero-order chi connectivity index (χ0) is 24.5. The number of carbonyl (C=O) groups is 1. The van der Waals surface area contributed by atoms with E-state index in [2.05, 4.69) is 0 Å². The van der Waals surface area contributed by atoms with Gasteiger partial charge in [0.05, 0.1) is 0 Å². The Bertz CT molecular complexity index is 1190. The summed E-state index contributed by atoms with van der Waals surface area (Å²) >= 11 is 0. The van der Waals surface area contributed by atoms with E-state index in [-0.39, 0.29) is 35.4 Å². The largest absolute Gasteiger partial charge is 0.295 e. The summed E-state index contributed by atoms with van der Waals surface area (Å²) in [5.41, 5.74) is 1.96. The third-order valence-electron chi connectivity index (χ3n) is 7.07. The van der Waals surface area contributed by atoms with Crippen LogP contribution in [0.2, 0.25) is 0 Å². The highest BCUT2D eigenvalue weighted by atomic mass is 32.2. The third-order valence-corrected chi connectivity index (χ3v) is 9.44. The van der Waals surface area contributed by atoms with Crippen LogP contribution in [0.4, 0.5) is 8.78 Å². The highest BCUT2D eigenvalue weighted by Gasteiger charge is 2.40. The van der Waals surface area contributed by atoms with Crippen LogP contribution < -0.4 is 0 Å². The topological polar surface area (TPSA) is 54.5 Å². The molecule has 1 fully saturated rings. The lowest BCUT2D eigenvalue weighted by Gasteiger charge is -2.37. The van der Waals surface area contributed by atoms with Gasteiger partial charge in [-0.2, -0.15) is 4.31 Å². The van der Waals surface area contributed by atoms with Crippen LogP contribution in [0, 0.1) is 11.6 Å². The summed E-state index contributed by atoms with van der Waals surface area (Å²) < 4.78 is 58.4. The molecule has 0 unspecified atom stereocenters. The van der Waals surface area contributed by atoms with Crippen molar-refractivity contribution in [2.45, 2.75) is 76.1 Å². The molecule has 3 atom stereocenters. The first-order valence-electron chi connectivity index (χ1n) is 11.9. The Labute approximate surface area is 200 Å². The molecule has 1 aliphatic heterocycles. The second kappa shape index (κ2) is 10.1. The first-order chi connectivity index (χ1) is 16.2. The molecular formula is C27H31F2NO3S. The molecule has 4 rings (SSSR count). The fourth-order valence-electron chi connectivity index (χ4n) is 5.15. The zero-order valence-corrected chi connectivity index (χ0v) is 20.5. The maximum Gasteiger partial charge on any atom is 0.221 e. The van der Waals surface area contributed by atoms with Gasteiger partial charge in [-0.15, -0.1) is 0 Å². The Morgan fingerprint density at radius 1 is 1.06 bits per heavy atom. The predicted molar refractivity (Wildman–Crippen MR) is 129 cm³/mol. The number of halogens is 2. The van der Waals surface area contributed by atoms with E-state index in [1.165, 1.54) is 10.4 Å². The molecule has 182 valence electrons. The average molecular weight is 488 g/mol. The fraction of sp³-hybridized carbons (Fsp3) is 0.444. The summed E-state index contributed by atoms with van der Waals surface area (Å²) in [6.07, 6.45) is 5.40. The lowest BCUT2D eigenvalue weighted by Crippen LogP contribution is -2.44. The molecule has 0 saturated carbocycles. The normalized spacial score (nSPS) is 24.0. The summed E-state index contributed by atoms with van der Waals surface area (Å²) in [7, 11) is -3.74. The first-order valence-corrected chi connectivity index (χ1v) is 13.4. The minimum absolute atomic E-state index is 0.0321. The Hall–Kier alpha value is -2.38. The summed E-state index contributed by atoms with van der Waals surface area (Å²) in [6, 6.07) is 11.1. The van der Waals surface area contributed by atoms with Crippen LogP contribution in [0.5, 0.6) is 0 Å². The van der Waals surface area contributed by atoms with Crippen LogP contribution in [0.1, 0.15) is 80.2 Å². The van der Waals surface area contributed by atoms with E-state index >= 15 is 8.78 Å². The van der Waals surface area contributed by atoms with Crippen LogP contribution in [0.25, 0.3) is 0 Å².